The summed E-state index contributed by atoms with van der Waals surface area (Å²) in [6.45, 7) is 17.1. The zero-order chi connectivity index (χ0) is 10.7. The number of rotatable bonds is 3. The third kappa shape index (κ3) is 7.06. The van der Waals surface area contributed by atoms with Crippen LogP contribution in [0.2, 0.25) is 0 Å². The van der Waals surface area contributed by atoms with Gasteiger partial charge in [0.25, 0.3) is 0 Å². The Morgan fingerprint density at radius 3 is 1.77 bits per heavy atom. The maximum atomic E-state index is 3.52. The van der Waals surface area contributed by atoms with E-state index in [9.17, 15) is 0 Å². The van der Waals surface area contributed by atoms with Crippen LogP contribution in [-0.4, -0.2) is 12.1 Å². The van der Waals surface area contributed by atoms with Crippen molar-refractivity contribution in [1.82, 2.24) is 5.32 Å². The molecule has 13 heavy (non-hydrogen) atoms. The molecule has 0 radical (unpaired) electrons. The van der Waals surface area contributed by atoms with Gasteiger partial charge in [-0.15, -0.1) is 0 Å². The molecule has 0 saturated carbocycles. The summed E-state index contributed by atoms with van der Waals surface area (Å²) in [4.78, 5) is 0. The van der Waals surface area contributed by atoms with E-state index in [0.717, 1.165) is 12.5 Å². The number of hydrogen-bond acceptors (Lipinski definition) is 1. The minimum Gasteiger partial charge on any atom is -0.312 e. The van der Waals surface area contributed by atoms with Gasteiger partial charge in [-0.25, -0.2) is 0 Å². The van der Waals surface area contributed by atoms with E-state index in [1.165, 1.54) is 6.42 Å². The van der Waals surface area contributed by atoms with E-state index >= 15 is 0 Å². The Balaban J connectivity index is 3.67. The lowest BCUT2D eigenvalue weighted by Crippen LogP contribution is -2.37. The summed E-state index contributed by atoms with van der Waals surface area (Å²) in [7, 11) is 0. The van der Waals surface area contributed by atoms with Crippen LogP contribution in [0, 0.1) is 11.3 Å². The molecule has 1 atom stereocenters. The summed E-state index contributed by atoms with van der Waals surface area (Å²) >= 11 is 0. The third-order valence-corrected chi connectivity index (χ3v) is 2.71. The van der Waals surface area contributed by atoms with Crippen LogP contribution < -0.4 is 5.32 Å². The highest BCUT2D eigenvalue weighted by Crippen LogP contribution is 2.27. The van der Waals surface area contributed by atoms with Crippen LogP contribution in [0.25, 0.3) is 0 Å². The van der Waals surface area contributed by atoms with Crippen molar-refractivity contribution in [2.24, 2.45) is 11.3 Å². The average Bonchev–Trinajstić information content (AvgIpc) is 1.82. The molecule has 0 spiro atoms. The molecule has 1 unspecified atom stereocenters. The fourth-order valence-electron chi connectivity index (χ4n) is 1.10. The van der Waals surface area contributed by atoms with Gasteiger partial charge >= 0.3 is 0 Å². The summed E-state index contributed by atoms with van der Waals surface area (Å²) in [6, 6.07) is 0. The second-order valence-electron chi connectivity index (χ2n) is 6.23. The molecule has 1 nitrogen and oxygen atoms in total. The van der Waals surface area contributed by atoms with Crippen molar-refractivity contribution in [2.45, 2.75) is 60.4 Å². The zero-order valence-corrected chi connectivity index (χ0v) is 10.5. The molecule has 0 saturated heterocycles. The number of nitrogens with one attached hydrogen (secondary N) is 1. The maximum absolute atomic E-state index is 3.52. The predicted molar refractivity (Wildman–Crippen MR) is 61.0 cm³/mol. The van der Waals surface area contributed by atoms with Gasteiger partial charge in [0, 0.05) is 5.54 Å². The summed E-state index contributed by atoms with van der Waals surface area (Å²) in [5.74, 6) is 0.780. The van der Waals surface area contributed by atoms with E-state index in [-0.39, 0.29) is 5.54 Å². The van der Waals surface area contributed by atoms with E-state index < -0.39 is 0 Å². The van der Waals surface area contributed by atoms with E-state index in [4.69, 9.17) is 0 Å². The van der Waals surface area contributed by atoms with Gasteiger partial charge < -0.3 is 5.32 Å². The Morgan fingerprint density at radius 1 is 1.00 bits per heavy atom. The monoisotopic (exact) mass is 185 g/mol. The van der Waals surface area contributed by atoms with Crippen molar-refractivity contribution in [3.8, 4) is 0 Å². The summed E-state index contributed by atoms with van der Waals surface area (Å²) in [6.07, 6.45) is 1.26. The molecular formula is C12H27N. The summed E-state index contributed by atoms with van der Waals surface area (Å²) in [5, 5.41) is 3.52. The van der Waals surface area contributed by atoms with Gasteiger partial charge in [-0.1, -0.05) is 27.7 Å². The van der Waals surface area contributed by atoms with Crippen molar-refractivity contribution in [3.05, 3.63) is 0 Å². The second kappa shape index (κ2) is 4.45. The molecule has 0 fully saturated rings. The Bertz CT molecular complexity index is 136. The molecule has 0 aliphatic heterocycles. The van der Waals surface area contributed by atoms with Gasteiger partial charge in [-0.3, -0.25) is 0 Å². The average molecular weight is 185 g/mol. The Morgan fingerprint density at radius 2 is 1.46 bits per heavy atom. The fourth-order valence-corrected chi connectivity index (χ4v) is 1.10. The van der Waals surface area contributed by atoms with Crippen LogP contribution in [0.4, 0.5) is 0 Å². The standard InChI is InChI=1S/C12H27N/c1-10(11(2,3)4)8-9-13-12(5,6)7/h10,13H,8-9H2,1-7H3. The van der Waals surface area contributed by atoms with E-state index in [1.807, 2.05) is 0 Å². The van der Waals surface area contributed by atoms with E-state index in [0.29, 0.717) is 5.41 Å². The van der Waals surface area contributed by atoms with Crippen LogP contribution in [0.15, 0.2) is 0 Å². The van der Waals surface area contributed by atoms with Crippen LogP contribution in [0.1, 0.15) is 54.9 Å². The van der Waals surface area contributed by atoms with Gasteiger partial charge in [0.1, 0.15) is 0 Å². The molecule has 0 heterocycles. The lowest BCUT2D eigenvalue weighted by atomic mass is 9.80. The van der Waals surface area contributed by atoms with Crippen LogP contribution >= 0.6 is 0 Å². The van der Waals surface area contributed by atoms with Gasteiger partial charge in [-0.05, 0) is 45.1 Å². The van der Waals surface area contributed by atoms with E-state index in [2.05, 4.69) is 53.8 Å². The molecule has 0 aromatic carbocycles. The minimum absolute atomic E-state index is 0.262. The maximum Gasteiger partial charge on any atom is 0.00965 e. The Kier molecular flexibility index (Phi) is 4.44. The summed E-state index contributed by atoms with van der Waals surface area (Å²) in [5.41, 5.74) is 0.706. The predicted octanol–water partition coefficient (Wildman–Crippen LogP) is 3.45. The van der Waals surface area contributed by atoms with Crippen LogP contribution in [0.5, 0.6) is 0 Å². The quantitative estimate of drug-likeness (QED) is 0.710. The first-order valence-electron chi connectivity index (χ1n) is 5.38. The zero-order valence-electron chi connectivity index (χ0n) is 10.5. The van der Waals surface area contributed by atoms with Crippen molar-refractivity contribution >= 4 is 0 Å². The van der Waals surface area contributed by atoms with E-state index in [1.54, 1.807) is 0 Å². The molecule has 0 aromatic rings. The third-order valence-electron chi connectivity index (χ3n) is 2.71. The van der Waals surface area contributed by atoms with Crippen molar-refractivity contribution < 1.29 is 0 Å². The summed E-state index contributed by atoms with van der Waals surface area (Å²) < 4.78 is 0. The largest absolute Gasteiger partial charge is 0.312 e. The highest BCUT2D eigenvalue weighted by atomic mass is 14.9. The first-order valence-corrected chi connectivity index (χ1v) is 5.38. The van der Waals surface area contributed by atoms with Crippen molar-refractivity contribution in [2.75, 3.05) is 6.54 Å². The molecule has 1 heteroatoms. The molecule has 0 rings (SSSR count). The lowest BCUT2D eigenvalue weighted by Gasteiger charge is -2.29. The lowest BCUT2D eigenvalue weighted by molar-refractivity contribution is 0.238. The molecular weight excluding hydrogens is 158 g/mol. The number of hydrogen-bond donors (Lipinski definition) is 1. The van der Waals surface area contributed by atoms with Gasteiger partial charge in [0.15, 0.2) is 0 Å². The highest BCUT2D eigenvalue weighted by molar-refractivity contribution is 4.74. The van der Waals surface area contributed by atoms with Crippen molar-refractivity contribution in [1.29, 1.82) is 0 Å². The highest BCUT2D eigenvalue weighted by Gasteiger charge is 2.19. The van der Waals surface area contributed by atoms with Gasteiger partial charge in [0.05, 0.1) is 0 Å². The molecule has 0 bridgehead atoms. The molecule has 0 amide bonds. The topological polar surface area (TPSA) is 12.0 Å². The van der Waals surface area contributed by atoms with Gasteiger partial charge in [-0.2, -0.15) is 0 Å². The molecule has 0 aliphatic rings. The van der Waals surface area contributed by atoms with Crippen LogP contribution in [-0.2, 0) is 0 Å². The van der Waals surface area contributed by atoms with Crippen molar-refractivity contribution in [3.63, 3.8) is 0 Å². The Hall–Kier alpha value is -0.0400. The molecule has 1 N–H and O–H groups in total. The first kappa shape index (κ1) is 13.0. The molecule has 80 valence electrons. The Labute approximate surface area is 84.3 Å². The van der Waals surface area contributed by atoms with Gasteiger partial charge in [0.2, 0.25) is 0 Å². The SMILES string of the molecule is CC(CCNC(C)(C)C)C(C)(C)C. The van der Waals surface area contributed by atoms with Crippen LogP contribution in [0.3, 0.4) is 0 Å². The molecule has 0 aliphatic carbocycles. The second-order valence-corrected chi connectivity index (χ2v) is 6.23. The normalized spacial score (nSPS) is 15.9. The first-order chi connectivity index (χ1) is 5.63. The minimum atomic E-state index is 0.262. The smallest absolute Gasteiger partial charge is 0.00965 e. The molecule has 0 aromatic heterocycles. The fraction of sp³-hybridized carbons (Fsp3) is 1.00.